The molecule has 0 radical (unpaired) electrons. The molecule has 1 fully saturated rings. The molecule has 0 aromatic rings. The third-order valence-electron chi connectivity index (χ3n) is 5.96. The third-order valence-corrected chi connectivity index (χ3v) is 10.4. The molecule has 2 rings (SSSR count). The summed E-state index contributed by atoms with van der Waals surface area (Å²) in [6.07, 6.45) is 4.41. The second-order valence-corrected chi connectivity index (χ2v) is 13.2. The van der Waals surface area contributed by atoms with Crippen LogP contribution in [-0.4, -0.2) is 38.3 Å². The lowest BCUT2D eigenvalue weighted by molar-refractivity contribution is -0.0801. The molecule has 0 bridgehead atoms. The molecule has 1 aliphatic carbocycles. The van der Waals surface area contributed by atoms with Gasteiger partial charge in [-0.25, -0.2) is 0 Å². The predicted molar refractivity (Wildman–Crippen MR) is 88.8 cm³/mol. The van der Waals surface area contributed by atoms with Crippen molar-refractivity contribution in [2.24, 2.45) is 17.8 Å². The third kappa shape index (κ3) is 3.00. The summed E-state index contributed by atoms with van der Waals surface area (Å²) in [6, 6.07) is 0. The summed E-state index contributed by atoms with van der Waals surface area (Å²) in [4.78, 5) is 0. The minimum absolute atomic E-state index is 0.0545. The monoisotopic (exact) mass is 312 g/mol. The SMILES string of the molecule is C[C@H]1C=C[C@@H]2COC[C@@]2(O)[C@@H](C)[C@H]1O[Si](C)(C)C(C)(C)C. The largest absolute Gasteiger partial charge is 0.413 e. The van der Waals surface area contributed by atoms with Crippen LogP contribution in [0.15, 0.2) is 12.2 Å². The highest BCUT2D eigenvalue weighted by atomic mass is 28.4. The number of hydrogen-bond donors (Lipinski definition) is 1. The van der Waals surface area contributed by atoms with Gasteiger partial charge in [-0.05, 0) is 24.1 Å². The normalized spacial score (nSPS) is 41.0. The topological polar surface area (TPSA) is 38.7 Å². The first-order valence-corrected chi connectivity index (χ1v) is 11.1. The molecule has 1 N–H and O–H groups in total. The first kappa shape index (κ1) is 17.2. The molecule has 0 unspecified atom stereocenters. The molecular weight excluding hydrogens is 280 g/mol. The smallest absolute Gasteiger partial charge is 0.192 e. The van der Waals surface area contributed by atoms with Crippen LogP contribution in [0.2, 0.25) is 18.1 Å². The molecule has 3 nitrogen and oxygen atoms in total. The lowest BCUT2D eigenvalue weighted by atomic mass is 9.77. The van der Waals surface area contributed by atoms with Crippen LogP contribution in [0, 0.1) is 17.8 Å². The fourth-order valence-corrected chi connectivity index (χ4v) is 4.63. The summed E-state index contributed by atoms with van der Waals surface area (Å²) in [5, 5.41) is 11.3. The molecule has 4 heteroatoms. The van der Waals surface area contributed by atoms with E-state index in [1.54, 1.807) is 0 Å². The Morgan fingerprint density at radius 2 is 1.86 bits per heavy atom. The van der Waals surface area contributed by atoms with Crippen molar-refractivity contribution in [1.82, 2.24) is 0 Å². The van der Waals surface area contributed by atoms with E-state index in [0.717, 1.165) is 0 Å². The zero-order chi connectivity index (χ0) is 16.1. The van der Waals surface area contributed by atoms with Gasteiger partial charge in [-0.15, -0.1) is 0 Å². The summed E-state index contributed by atoms with van der Waals surface area (Å²) < 4.78 is 12.2. The van der Waals surface area contributed by atoms with Gasteiger partial charge in [0.2, 0.25) is 0 Å². The van der Waals surface area contributed by atoms with Crippen molar-refractivity contribution in [2.45, 2.75) is 64.5 Å². The quantitative estimate of drug-likeness (QED) is 0.625. The Morgan fingerprint density at radius 1 is 1.24 bits per heavy atom. The molecule has 5 atom stereocenters. The van der Waals surface area contributed by atoms with Crippen LogP contribution >= 0.6 is 0 Å². The van der Waals surface area contributed by atoms with E-state index < -0.39 is 13.9 Å². The van der Waals surface area contributed by atoms with Crippen molar-refractivity contribution in [3.63, 3.8) is 0 Å². The molecule has 1 heterocycles. The Bertz CT molecular complexity index is 413. The number of ether oxygens (including phenoxy) is 1. The molecule has 1 saturated heterocycles. The zero-order valence-corrected chi connectivity index (χ0v) is 15.6. The summed E-state index contributed by atoms with van der Waals surface area (Å²) >= 11 is 0. The second kappa shape index (κ2) is 5.48. The Hall–Kier alpha value is -0.163. The van der Waals surface area contributed by atoms with Gasteiger partial charge in [0, 0.05) is 11.8 Å². The fourth-order valence-electron chi connectivity index (χ4n) is 3.18. The summed E-state index contributed by atoms with van der Waals surface area (Å²) in [6.45, 7) is 16.7. The Morgan fingerprint density at radius 3 is 2.43 bits per heavy atom. The number of hydrogen-bond acceptors (Lipinski definition) is 3. The van der Waals surface area contributed by atoms with Gasteiger partial charge >= 0.3 is 0 Å². The van der Waals surface area contributed by atoms with Crippen molar-refractivity contribution >= 4 is 8.32 Å². The number of rotatable bonds is 2. The van der Waals surface area contributed by atoms with Crippen LogP contribution in [0.4, 0.5) is 0 Å². The van der Waals surface area contributed by atoms with E-state index in [1.807, 2.05) is 0 Å². The van der Waals surface area contributed by atoms with E-state index in [2.05, 4.69) is 59.9 Å². The van der Waals surface area contributed by atoms with Crippen LogP contribution in [-0.2, 0) is 9.16 Å². The van der Waals surface area contributed by atoms with E-state index in [4.69, 9.17) is 9.16 Å². The van der Waals surface area contributed by atoms with Gasteiger partial charge in [0.1, 0.15) is 5.60 Å². The fraction of sp³-hybridized carbons (Fsp3) is 0.882. The first-order chi connectivity index (χ1) is 9.49. The van der Waals surface area contributed by atoms with Crippen LogP contribution in [0.25, 0.3) is 0 Å². The lowest BCUT2D eigenvalue weighted by Crippen LogP contribution is -2.53. The standard InChI is InChI=1S/C17H32O3Si/c1-12-8-9-14-10-19-11-17(14,18)13(2)15(12)20-21(6,7)16(3,4)5/h8-9,12-15,18H,10-11H2,1-7H3/t12-,13-,14+,15-,17+/m0/s1. The molecule has 21 heavy (non-hydrogen) atoms. The van der Waals surface area contributed by atoms with Gasteiger partial charge in [-0.2, -0.15) is 0 Å². The second-order valence-electron chi connectivity index (χ2n) is 8.49. The van der Waals surface area contributed by atoms with Crippen molar-refractivity contribution in [3.8, 4) is 0 Å². The van der Waals surface area contributed by atoms with Crippen LogP contribution in [0.1, 0.15) is 34.6 Å². The summed E-state index contributed by atoms with van der Waals surface area (Å²) in [5.74, 6) is 0.496. The highest BCUT2D eigenvalue weighted by Crippen LogP contribution is 2.44. The van der Waals surface area contributed by atoms with E-state index in [0.29, 0.717) is 19.1 Å². The maximum absolute atomic E-state index is 11.1. The van der Waals surface area contributed by atoms with Crippen molar-refractivity contribution < 1.29 is 14.3 Å². The van der Waals surface area contributed by atoms with Gasteiger partial charge in [0.25, 0.3) is 0 Å². The Kier molecular flexibility index (Phi) is 4.49. The predicted octanol–water partition coefficient (Wildman–Crippen LogP) is 3.60. The highest BCUT2D eigenvalue weighted by molar-refractivity contribution is 6.74. The van der Waals surface area contributed by atoms with Gasteiger partial charge < -0.3 is 14.3 Å². The number of fused-ring (bicyclic) bond motifs is 1. The highest BCUT2D eigenvalue weighted by Gasteiger charge is 2.52. The zero-order valence-electron chi connectivity index (χ0n) is 14.6. The van der Waals surface area contributed by atoms with Gasteiger partial charge in [-0.1, -0.05) is 46.8 Å². The molecule has 2 aliphatic rings. The minimum atomic E-state index is -1.86. The molecule has 0 aromatic heterocycles. The molecule has 0 saturated carbocycles. The van der Waals surface area contributed by atoms with Crippen molar-refractivity contribution in [2.75, 3.05) is 13.2 Å². The molecule has 0 amide bonds. The average molecular weight is 313 g/mol. The average Bonchev–Trinajstić information content (AvgIpc) is 2.70. The maximum atomic E-state index is 11.1. The minimum Gasteiger partial charge on any atom is -0.413 e. The van der Waals surface area contributed by atoms with Crippen LogP contribution in [0.3, 0.4) is 0 Å². The van der Waals surface area contributed by atoms with E-state index >= 15 is 0 Å². The van der Waals surface area contributed by atoms with Crippen molar-refractivity contribution in [3.05, 3.63) is 12.2 Å². The van der Waals surface area contributed by atoms with Crippen molar-refractivity contribution in [1.29, 1.82) is 0 Å². The lowest BCUT2D eigenvalue weighted by Gasteiger charge is -2.45. The van der Waals surface area contributed by atoms with Gasteiger partial charge in [0.15, 0.2) is 8.32 Å². The molecule has 0 spiro atoms. The Balaban J connectivity index is 2.28. The van der Waals surface area contributed by atoms with Gasteiger partial charge in [0.05, 0.1) is 19.3 Å². The summed E-state index contributed by atoms with van der Waals surface area (Å²) in [7, 11) is -1.86. The Labute approximate surface area is 130 Å². The molecule has 122 valence electrons. The number of aliphatic hydroxyl groups is 1. The molecule has 1 aliphatic heterocycles. The maximum Gasteiger partial charge on any atom is 0.192 e. The van der Waals surface area contributed by atoms with E-state index in [-0.39, 0.29) is 23.0 Å². The molecule has 0 aromatic carbocycles. The van der Waals surface area contributed by atoms with Gasteiger partial charge in [-0.3, -0.25) is 0 Å². The first-order valence-electron chi connectivity index (χ1n) is 8.15. The van der Waals surface area contributed by atoms with E-state index in [9.17, 15) is 5.11 Å². The van der Waals surface area contributed by atoms with E-state index in [1.165, 1.54) is 0 Å². The van der Waals surface area contributed by atoms with Crippen LogP contribution < -0.4 is 0 Å². The van der Waals surface area contributed by atoms with Crippen LogP contribution in [0.5, 0.6) is 0 Å². The molecular formula is C17H32O3Si. The summed E-state index contributed by atoms with van der Waals surface area (Å²) in [5.41, 5.74) is -0.783.